The van der Waals surface area contributed by atoms with Crippen molar-refractivity contribution < 1.29 is 158 Å². The van der Waals surface area contributed by atoms with E-state index in [-0.39, 0.29) is 136 Å². The van der Waals surface area contributed by atoms with E-state index in [9.17, 15) is 136 Å². The second-order valence-electron chi connectivity index (χ2n) is 34.3. The van der Waals surface area contributed by atoms with E-state index in [1.807, 2.05) is 18.4 Å². The standard InChI is InChI=1S/C83H94N6O31S9.O3S/c1-80(2)63-41-51(22-27-64(63)86(33-14-38-122(97,98)99)70(80)17-11-18-72-82(5,6)76-61(79(92)93)46-56(126(109,110)111)47-67(76)89(72)35-16-40-124(103,104)105)49-84-78(91)54-42-53-30-36-85(50-62(53)68(43-54)128(115,116)117)74(90)21-9-8-10-32-87-65-29-26-58-60(45-57(127(112,113)114)48-69(58)129(118,119)120)75(65)81(3,4)71(87)19-12-20-73-83(7,31-13-37-121(94,95)96)77-59-44-55(125(106,107)108)25-23-52(59)24-28-66(77)88(73)34-15-39-123(100,101)102;1-4(2)3/h11-12,17-20,22-29,41-48H,8-10,13-16,21,30-40,49-50H2,1-7H3,(H9-2,84,91,92,93,94,95,96,97,98,99,100,101,102,103,104,105,106,107,108,109,110,111,112,113,114,115,116,117,118,119,120);. The van der Waals surface area contributed by atoms with Gasteiger partial charge in [0, 0.05) is 149 Å². The van der Waals surface area contributed by atoms with Crippen molar-refractivity contribution in [3.8, 4) is 0 Å². The van der Waals surface area contributed by atoms with Crippen LogP contribution >= 0.6 is 0 Å². The Hall–Kier alpha value is -9.82. The van der Waals surface area contributed by atoms with Gasteiger partial charge in [0.2, 0.25) is 17.3 Å². The molecule has 50 heteroatoms. The maximum Gasteiger partial charge on any atom is 0.425 e. The van der Waals surface area contributed by atoms with E-state index in [0.29, 0.717) is 92.0 Å². The molecule has 5 aliphatic rings. The highest BCUT2D eigenvalue weighted by atomic mass is 32.3. The molecule has 720 valence electrons. The number of hydrogen-bond acceptors (Lipinski definition) is 28. The van der Waals surface area contributed by atoms with Gasteiger partial charge in [0.15, 0.2) is 11.4 Å². The maximum atomic E-state index is 14.3. The number of amides is 2. The van der Waals surface area contributed by atoms with Crippen molar-refractivity contribution in [2.45, 2.75) is 172 Å². The number of allylic oxidation sites excluding steroid dienone is 8. The van der Waals surface area contributed by atoms with Crippen molar-refractivity contribution in [1.29, 1.82) is 0 Å². The highest BCUT2D eigenvalue weighted by Gasteiger charge is 2.50. The molecular formula is C83H94N6O34S10. The highest BCUT2D eigenvalue weighted by molar-refractivity contribution is 7.88. The van der Waals surface area contributed by atoms with Gasteiger partial charge in [-0.1, -0.05) is 44.2 Å². The Kier molecular flexibility index (Phi) is 29.7. The van der Waals surface area contributed by atoms with Crippen LogP contribution < -0.4 is 15.1 Å². The van der Waals surface area contributed by atoms with Crippen molar-refractivity contribution in [1.82, 2.24) is 10.2 Å². The molecular weight excluding hydrogens is 1950 g/mol. The molecule has 0 aromatic heterocycles. The molecule has 0 fully saturated rings. The number of rotatable bonds is 35. The quantitative estimate of drug-likeness (QED) is 0.0103. The summed E-state index contributed by atoms with van der Waals surface area (Å²) in [7, 11) is -47.0. The SMILES string of the molecule is CC1(C)C(/C=C/C=C2/N(CCCS(=O)(=O)O)c3cc(S(=O)(=O)O)cc(C(=O)O)c3C2(C)C)=[N+](CCCS(=O)(=O)[O-])c2ccc(CNC(=O)c3cc4c(c(S(=O)(=O)O)c3)CN(C(=O)CCCCC[N+]3=C(C=CC=C5N(CCCS(=O)(=O)[O-])c6ccc7ccc(S(=O)(=O)O)cc7c6C5(C)CCCS(=O)(=O)O)C(C)(C)c5c3ccc3c(S(=O)(=O)O)cc(S(=O)(=O)O)cc53)CC4)cc21.O=S(=O)=O. The van der Waals surface area contributed by atoms with E-state index in [2.05, 4.69) is 5.32 Å². The average Bonchev–Trinajstić information content (AvgIpc) is 1.58. The van der Waals surface area contributed by atoms with Gasteiger partial charge in [-0.2, -0.15) is 68.1 Å². The zero-order valence-corrected chi connectivity index (χ0v) is 80.2. The maximum absolute atomic E-state index is 14.3. The summed E-state index contributed by atoms with van der Waals surface area (Å²) >= 11 is 0. The lowest BCUT2D eigenvalue weighted by Gasteiger charge is -2.31. The number of nitrogens with zero attached hydrogens (tertiary/aromatic N) is 5. The van der Waals surface area contributed by atoms with Crippen molar-refractivity contribution in [3.05, 3.63) is 195 Å². The normalized spacial score (nSPS) is 18.0. The van der Waals surface area contributed by atoms with E-state index < -0.39 is 194 Å². The third-order valence-corrected chi connectivity index (χ3v) is 31.7. The topological polar surface area (TPSA) is 645 Å². The predicted molar refractivity (Wildman–Crippen MR) is 482 cm³/mol. The molecule has 40 nitrogen and oxygen atoms in total. The first-order valence-corrected chi connectivity index (χ1v) is 55.2. The molecule has 7 aromatic carbocycles. The molecule has 1 atom stereocenters. The van der Waals surface area contributed by atoms with Crippen LogP contribution in [-0.4, -0.2) is 233 Å². The number of benzene rings is 7. The zero-order chi connectivity index (χ0) is 98.8. The van der Waals surface area contributed by atoms with Gasteiger partial charge in [0.05, 0.1) is 67.7 Å². The van der Waals surface area contributed by atoms with Gasteiger partial charge in [-0.15, -0.1) is 12.6 Å². The first-order chi connectivity index (χ1) is 61.2. The molecule has 2 amide bonds. The minimum atomic E-state index is -5.20. The van der Waals surface area contributed by atoms with Crippen LogP contribution in [0, 0.1) is 0 Å². The molecule has 5 aliphatic heterocycles. The Morgan fingerprint density at radius 2 is 1.03 bits per heavy atom. The van der Waals surface area contributed by atoms with Crippen LogP contribution in [-0.2, 0) is 148 Å². The molecule has 0 spiro atoms. The summed E-state index contributed by atoms with van der Waals surface area (Å²) in [5, 5.41) is 13.8. The minimum absolute atomic E-state index is 0.0137. The van der Waals surface area contributed by atoms with Crippen LogP contribution in [0.3, 0.4) is 0 Å². The van der Waals surface area contributed by atoms with E-state index in [1.54, 1.807) is 117 Å². The lowest BCUT2D eigenvalue weighted by Crippen LogP contribution is -2.37. The molecule has 0 radical (unpaired) electrons. The van der Waals surface area contributed by atoms with Crippen molar-refractivity contribution in [2.75, 3.05) is 65.5 Å². The first-order valence-electron chi connectivity index (χ1n) is 40.7. The number of nitrogens with one attached hydrogen (secondary N) is 1. The largest absolute Gasteiger partial charge is 0.748 e. The first kappa shape index (κ1) is 104. The summed E-state index contributed by atoms with van der Waals surface area (Å²) < 4.78 is 350. The third-order valence-electron chi connectivity index (χ3n) is 24.2. The smallest absolute Gasteiger partial charge is 0.425 e. The van der Waals surface area contributed by atoms with Crippen molar-refractivity contribution in [3.63, 3.8) is 0 Å². The number of hydrogen-bond donors (Lipinski definition) is 9. The minimum Gasteiger partial charge on any atom is -0.748 e. The second-order valence-corrected chi connectivity index (χ2v) is 47.9. The van der Waals surface area contributed by atoms with E-state index in [0.717, 1.165) is 24.3 Å². The van der Waals surface area contributed by atoms with Crippen LogP contribution in [0.5, 0.6) is 0 Å². The fourth-order valence-corrected chi connectivity index (χ4v) is 23.6. The van der Waals surface area contributed by atoms with Gasteiger partial charge in [-0.3, -0.25) is 41.5 Å². The summed E-state index contributed by atoms with van der Waals surface area (Å²) in [5.41, 5.74) is -0.150. The van der Waals surface area contributed by atoms with Crippen LogP contribution in [0.4, 0.5) is 22.7 Å². The number of anilines is 2. The lowest BCUT2D eigenvalue weighted by atomic mass is 9.75. The number of fused-ring (bicyclic) bond motifs is 9. The van der Waals surface area contributed by atoms with Crippen LogP contribution in [0.2, 0.25) is 0 Å². The summed E-state index contributed by atoms with van der Waals surface area (Å²) in [4.78, 5) is 42.2. The molecule has 0 aliphatic carbocycles. The molecule has 0 saturated heterocycles. The highest BCUT2D eigenvalue weighted by Crippen LogP contribution is 2.55. The predicted octanol–water partition coefficient (Wildman–Crippen LogP) is 8.02. The van der Waals surface area contributed by atoms with Crippen molar-refractivity contribution >= 4 is 175 Å². The average molecular weight is 2040 g/mol. The Balaban J connectivity index is 0.00000417. The number of aromatic carboxylic acids is 1. The molecule has 12 rings (SSSR count). The summed E-state index contributed by atoms with van der Waals surface area (Å²) in [6.45, 7) is 11.4. The van der Waals surface area contributed by atoms with E-state index in [4.69, 9.17) is 12.6 Å². The Morgan fingerprint density at radius 3 is 1.62 bits per heavy atom. The fraction of sp³-hybridized carbons (Fsp3) is 0.386. The molecule has 7 aromatic rings. The number of carbonyl (C=O) groups is 3. The Labute approximate surface area is 770 Å². The van der Waals surface area contributed by atoms with Gasteiger partial charge < -0.3 is 34.2 Å². The Morgan fingerprint density at radius 1 is 0.496 bits per heavy atom. The number of carboxylic acids is 1. The molecule has 1 unspecified atom stereocenters. The summed E-state index contributed by atoms with van der Waals surface area (Å²) in [6.07, 6.45) is 9.54. The van der Waals surface area contributed by atoms with Crippen molar-refractivity contribution in [2.24, 2.45) is 0 Å². The lowest BCUT2D eigenvalue weighted by molar-refractivity contribution is -0.438. The van der Waals surface area contributed by atoms with Gasteiger partial charge >= 0.3 is 16.6 Å². The fourth-order valence-electron chi connectivity index (χ4n) is 18.5. The molecule has 9 N–H and O–H groups in total. The van der Waals surface area contributed by atoms with Crippen LogP contribution in [0.25, 0.3) is 21.5 Å². The van der Waals surface area contributed by atoms with Crippen LogP contribution in [0.15, 0.2) is 169 Å². The van der Waals surface area contributed by atoms with E-state index in [1.165, 1.54) is 40.1 Å². The number of carbonyl (C=O) groups excluding carboxylic acids is 2. The molecule has 5 heterocycles. The van der Waals surface area contributed by atoms with E-state index >= 15 is 0 Å². The summed E-state index contributed by atoms with van der Waals surface area (Å²) in [6, 6.07) is 21.1. The van der Waals surface area contributed by atoms with Crippen LogP contribution in [0.1, 0.15) is 166 Å². The van der Waals surface area contributed by atoms with Gasteiger partial charge in [0.25, 0.3) is 76.7 Å². The molecule has 0 bridgehead atoms. The monoisotopic (exact) mass is 2040 g/mol. The number of carboxylic acid groups (broad SMARTS) is 1. The zero-order valence-electron chi connectivity index (χ0n) is 72.1. The Bertz CT molecular complexity index is 7510. The molecule has 133 heavy (non-hydrogen) atoms. The van der Waals surface area contributed by atoms with Gasteiger partial charge in [-0.25, -0.2) is 21.6 Å². The third kappa shape index (κ3) is 23.3. The number of unbranched alkanes of at least 4 members (excludes halogenated alkanes) is 2. The molecule has 0 saturated carbocycles. The van der Waals surface area contributed by atoms with Gasteiger partial charge in [0.1, 0.15) is 18.0 Å². The summed E-state index contributed by atoms with van der Waals surface area (Å²) in [5.74, 6) is -5.78. The second kappa shape index (κ2) is 38.0. The van der Waals surface area contributed by atoms with Gasteiger partial charge in [-0.05, 0) is 197 Å².